The number of carboxylic acid groups (broad SMARTS) is 1. The summed E-state index contributed by atoms with van der Waals surface area (Å²) < 4.78 is 26.2. The first-order valence-electron chi connectivity index (χ1n) is 6.78. The molecular weight excluding hydrogens is 266 g/mol. The van der Waals surface area contributed by atoms with Crippen molar-refractivity contribution < 1.29 is 18.3 Å². The molecule has 2 atom stereocenters. The standard InChI is InChI=1S/C13H23NO4S/c1-12(2,3)9-19(17,18)14-7-10-5-4-6-13(10,8-14)11(15)16/h10H,4-9H2,1-3H3,(H,15,16)/t10-,13+/m0/s1. The van der Waals surface area contributed by atoms with Crippen molar-refractivity contribution in [3.63, 3.8) is 0 Å². The number of rotatable bonds is 3. The average Bonchev–Trinajstić information content (AvgIpc) is 2.68. The number of hydrogen-bond donors (Lipinski definition) is 1. The van der Waals surface area contributed by atoms with E-state index in [0.29, 0.717) is 13.0 Å². The van der Waals surface area contributed by atoms with Crippen LogP contribution in [0, 0.1) is 16.7 Å². The molecular formula is C13H23NO4S. The molecule has 1 saturated carbocycles. The molecule has 0 unspecified atom stereocenters. The van der Waals surface area contributed by atoms with E-state index in [4.69, 9.17) is 0 Å². The fourth-order valence-corrected chi connectivity index (χ4v) is 5.55. The molecule has 1 aliphatic carbocycles. The van der Waals surface area contributed by atoms with Gasteiger partial charge < -0.3 is 5.11 Å². The molecule has 1 aliphatic heterocycles. The van der Waals surface area contributed by atoms with Crippen LogP contribution in [-0.4, -0.2) is 42.6 Å². The molecule has 1 saturated heterocycles. The smallest absolute Gasteiger partial charge is 0.311 e. The van der Waals surface area contributed by atoms with Gasteiger partial charge in [-0.15, -0.1) is 0 Å². The molecule has 0 spiro atoms. The lowest BCUT2D eigenvalue weighted by molar-refractivity contribution is -0.149. The van der Waals surface area contributed by atoms with Gasteiger partial charge in [0.15, 0.2) is 0 Å². The zero-order valence-electron chi connectivity index (χ0n) is 11.8. The summed E-state index contributed by atoms with van der Waals surface area (Å²) in [5.74, 6) is -0.772. The minimum Gasteiger partial charge on any atom is -0.481 e. The predicted molar refractivity (Wildman–Crippen MR) is 72.2 cm³/mol. The zero-order valence-corrected chi connectivity index (χ0v) is 12.7. The van der Waals surface area contributed by atoms with Gasteiger partial charge in [0, 0.05) is 13.1 Å². The lowest BCUT2D eigenvalue weighted by Gasteiger charge is -2.25. The highest BCUT2D eigenvalue weighted by Gasteiger charge is 2.57. The van der Waals surface area contributed by atoms with E-state index in [9.17, 15) is 18.3 Å². The van der Waals surface area contributed by atoms with Gasteiger partial charge in [0.1, 0.15) is 0 Å². The van der Waals surface area contributed by atoms with Gasteiger partial charge in [-0.3, -0.25) is 4.79 Å². The Hall–Kier alpha value is -0.620. The molecule has 0 aromatic heterocycles. The Labute approximate surface area is 115 Å². The summed E-state index contributed by atoms with van der Waals surface area (Å²) >= 11 is 0. The Morgan fingerprint density at radius 2 is 2.05 bits per heavy atom. The first kappa shape index (κ1) is 14.8. The van der Waals surface area contributed by atoms with Crippen molar-refractivity contribution in [2.45, 2.75) is 40.0 Å². The third-order valence-electron chi connectivity index (χ3n) is 4.27. The molecule has 0 radical (unpaired) electrons. The summed E-state index contributed by atoms with van der Waals surface area (Å²) in [6, 6.07) is 0. The van der Waals surface area contributed by atoms with Crippen molar-refractivity contribution in [2.24, 2.45) is 16.7 Å². The van der Waals surface area contributed by atoms with E-state index in [2.05, 4.69) is 0 Å². The fraction of sp³-hybridized carbons (Fsp3) is 0.923. The molecule has 110 valence electrons. The fourth-order valence-electron chi connectivity index (χ4n) is 3.44. The summed E-state index contributed by atoms with van der Waals surface area (Å²) in [5.41, 5.74) is -1.14. The van der Waals surface area contributed by atoms with Crippen LogP contribution in [0.2, 0.25) is 0 Å². The van der Waals surface area contributed by atoms with Crippen molar-refractivity contribution in [1.29, 1.82) is 0 Å². The Bertz CT molecular complexity index is 479. The maximum absolute atomic E-state index is 12.4. The van der Waals surface area contributed by atoms with Crippen molar-refractivity contribution in [2.75, 3.05) is 18.8 Å². The number of sulfonamides is 1. The van der Waals surface area contributed by atoms with Crippen LogP contribution in [0.3, 0.4) is 0 Å². The summed E-state index contributed by atoms with van der Waals surface area (Å²) in [6.45, 7) is 6.19. The number of carboxylic acids is 1. The largest absolute Gasteiger partial charge is 0.481 e. The number of carbonyl (C=O) groups is 1. The van der Waals surface area contributed by atoms with Gasteiger partial charge in [0.25, 0.3) is 0 Å². The Morgan fingerprint density at radius 1 is 1.42 bits per heavy atom. The maximum atomic E-state index is 12.4. The molecule has 2 fully saturated rings. The van der Waals surface area contributed by atoms with Crippen LogP contribution < -0.4 is 0 Å². The quantitative estimate of drug-likeness (QED) is 0.855. The highest BCUT2D eigenvalue weighted by molar-refractivity contribution is 7.89. The normalized spacial score (nSPS) is 32.5. The first-order valence-corrected chi connectivity index (χ1v) is 8.39. The monoisotopic (exact) mass is 289 g/mol. The van der Waals surface area contributed by atoms with E-state index in [-0.39, 0.29) is 23.6 Å². The highest BCUT2D eigenvalue weighted by Crippen LogP contribution is 2.49. The third-order valence-corrected chi connectivity index (χ3v) is 6.57. The van der Waals surface area contributed by atoms with Crippen molar-refractivity contribution in [1.82, 2.24) is 4.31 Å². The average molecular weight is 289 g/mol. The molecule has 6 heteroatoms. The van der Waals surface area contributed by atoms with Crippen LogP contribution >= 0.6 is 0 Å². The van der Waals surface area contributed by atoms with E-state index in [1.165, 1.54) is 4.31 Å². The van der Waals surface area contributed by atoms with Crippen molar-refractivity contribution in [3.8, 4) is 0 Å². The highest BCUT2D eigenvalue weighted by atomic mass is 32.2. The Balaban J connectivity index is 2.20. The lowest BCUT2D eigenvalue weighted by atomic mass is 9.81. The molecule has 1 heterocycles. The van der Waals surface area contributed by atoms with E-state index >= 15 is 0 Å². The SMILES string of the molecule is CC(C)(C)CS(=O)(=O)N1C[C@@H]2CCC[C@@]2(C(=O)O)C1. The second-order valence-electron chi connectivity index (χ2n) is 7.16. The lowest BCUT2D eigenvalue weighted by Crippen LogP contribution is -2.39. The topological polar surface area (TPSA) is 74.7 Å². The molecule has 19 heavy (non-hydrogen) atoms. The minimum atomic E-state index is -3.36. The predicted octanol–water partition coefficient (Wildman–Crippen LogP) is 1.55. The van der Waals surface area contributed by atoms with Crippen LogP contribution in [0.1, 0.15) is 40.0 Å². The van der Waals surface area contributed by atoms with Crippen molar-refractivity contribution >= 4 is 16.0 Å². The van der Waals surface area contributed by atoms with E-state index in [1.807, 2.05) is 20.8 Å². The van der Waals surface area contributed by atoms with E-state index in [0.717, 1.165) is 12.8 Å². The van der Waals surface area contributed by atoms with Gasteiger partial charge in [-0.1, -0.05) is 27.2 Å². The second-order valence-corrected chi connectivity index (χ2v) is 9.13. The van der Waals surface area contributed by atoms with Crippen LogP contribution in [-0.2, 0) is 14.8 Å². The molecule has 0 amide bonds. The summed E-state index contributed by atoms with van der Waals surface area (Å²) in [7, 11) is -3.36. The first-order chi connectivity index (χ1) is 8.57. The van der Waals surface area contributed by atoms with Crippen LogP contribution in [0.15, 0.2) is 0 Å². The summed E-state index contributed by atoms with van der Waals surface area (Å²) in [5, 5.41) is 9.47. The number of aliphatic carboxylic acids is 1. The summed E-state index contributed by atoms with van der Waals surface area (Å²) in [6.07, 6.45) is 2.33. The van der Waals surface area contributed by atoms with E-state index in [1.54, 1.807) is 0 Å². The zero-order chi connectivity index (χ0) is 14.5. The molecule has 0 aromatic rings. The van der Waals surface area contributed by atoms with Crippen molar-refractivity contribution in [3.05, 3.63) is 0 Å². The van der Waals surface area contributed by atoms with Crippen LogP contribution in [0.5, 0.6) is 0 Å². The van der Waals surface area contributed by atoms with Gasteiger partial charge in [-0.2, -0.15) is 0 Å². The molecule has 5 nitrogen and oxygen atoms in total. The number of hydrogen-bond acceptors (Lipinski definition) is 3. The van der Waals surface area contributed by atoms with Gasteiger partial charge in [0.2, 0.25) is 10.0 Å². The summed E-state index contributed by atoms with van der Waals surface area (Å²) in [4.78, 5) is 11.5. The molecule has 0 bridgehead atoms. The molecule has 1 N–H and O–H groups in total. The minimum absolute atomic E-state index is 0.0141. The van der Waals surface area contributed by atoms with Crippen LogP contribution in [0.25, 0.3) is 0 Å². The Morgan fingerprint density at radius 3 is 2.53 bits per heavy atom. The second kappa shape index (κ2) is 4.45. The third kappa shape index (κ3) is 2.65. The van der Waals surface area contributed by atoms with E-state index < -0.39 is 21.4 Å². The van der Waals surface area contributed by atoms with Gasteiger partial charge >= 0.3 is 5.97 Å². The van der Waals surface area contributed by atoms with Gasteiger partial charge in [-0.05, 0) is 24.2 Å². The Kier molecular flexibility index (Phi) is 3.46. The maximum Gasteiger partial charge on any atom is 0.311 e. The number of fused-ring (bicyclic) bond motifs is 1. The number of nitrogens with zero attached hydrogens (tertiary/aromatic N) is 1. The van der Waals surface area contributed by atoms with Gasteiger partial charge in [0.05, 0.1) is 11.2 Å². The van der Waals surface area contributed by atoms with Gasteiger partial charge in [-0.25, -0.2) is 12.7 Å². The molecule has 2 rings (SSSR count). The molecule has 0 aromatic carbocycles. The van der Waals surface area contributed by atoms with Crippen LogP contribution in [0.4, 0.5) is 0 Å². The molecule has 2 aliphatic rings.